The van der Waals surface area contributed by atoms with Gasteiger partial charge < -0.3 is 4.40 Å². The number of rotatable bonds is 5. The molecule has 13 aromatic rings. The molecule has 0 atom stereocenters. The Morgan fingerprint density at radius 2 is 1.23 bits per heavy atom. The predicted molar refractivity (Wildman–Crippen MR) is 256 cm³/mol. The molecule has 13 rings (SSSR count). The Kier molecular flexibility index (Phi) is 6.93. The van der Waals surface area contributed by atoms with Gasteiger partial charge in [0.05, 0.1) is 38.8 Å². The van der Waals surface area contributed by atoms with Gasteiger partial charge in [0.25, 0.3) is 0 Å². The van der Waals surface area contributed by atoms with Crippen molar-refractivity contribution in [2.45, 2.75) is 6.92 Å². The summed E-state index contributed by atoms with van der Waals surface area (Å²) in [5.41, 5.74) is 12.2. The highest BCUT2D eigenvalue weighted by molar-refractivity contribution is 7.19. The molecule has 8 aromatic carbocycles. The topological polar surface area (TPSA) is 35.1 Å². The first kappa shape index (κ1) is 33.4. The summed E-state index contributed by atoms with van der Waals surface area (Å²) >= 11 is 1.84. The Morgan fingerprint density at radius 3 is 2.12 bits per heavy atom. The second-order valence-electron chi connectivity index (χ2n) is 15.8. The quantitative estimate of drug-likeness (QED) is 0.129. The highest BCUT2D eigenvalue weighted by Gasteiger charge is 2.27. The van der Waals surface area contributed by atoms with Crippen molar-refractivity contribution < 1.29 is 0 Å². The van der Waals surface area contributed by atoms with Crippen molar-refractivity contribution in [2.75, 3.05) is 0 Å². The molecular formula is C55H34N4S. The fraction of sp³-hybridized carbons (Fsp3) is 0.0182. The SMILES string of the molecule is C=C/C=C\c1c(C)sc2cc3c4c5c(cccc5n3-c3nc(-c5cccc(-c6ccccc6)c5)c5ccc6ccccc6c5n3)c3cccc5c6ccccc6n(c35)c4c12. The van der Waals surface area contributed by atoms with Crippen LogP contribution >= 0.6 is 11.3 Å². The lowest BCUT2D eigenvalue weighted by atomic mass is 9.98. The molecule has 0 fully saturated rings. The minimum Gasteiger partial charge on any atom is -0.307 e. The van der Waals surface area contributed by atoms with Gasteiger partial charge in [-0.25, -0.2) is 9.97 Å². The second-order valence-corrected chi connectivity index (χ2v) is 17.0. The molecule has 0 saturated heterocycles. The first-order valence-corrected chi connectivity index (χ1v) is 21.2. The average Bonchev–Trinajstić information content (AvgIpc) is 3.90. The van der Waals surface area contributed by atoms with Crippen molar-refractivity contribution in [3.63, 3.8) is 0 Å². The number of thiophene rings is 1. The van der Waals surface area contributed by atoms with Gasteiger partial charge in [0.15, 0.2) is 0 Å². The zero-order chi connectivity index (χ0) is 39.6. The van der Waals surface area contributed by atoms with Crippen LogP contribution < -0.4 is 0 Å². The summed E-state index contributed by atoms with van der Waals surface area (Å²) in [6.07, 6.45) is 6.17. The summed E-state index contributed by atoms with van der Waals surface area (Å²) in [7, 11) is 0. The van der Waals surface area contributed by atoms with Crippen LogP contribution in [0.4, 0.5) is 0 Å². The third-order valence-corrected chi connectivity index (χ3v) is 13.6. The standard InChI is InChI=1S/C55H34N4S/c1-3-4-20-37-32(2)60-47-31-46-50-48-40(42-25-13-24-41-39-22-10-11-26-44(39)59(53(41)42)54(50)49(37)47)23-14-27-45(48)58(46)55-56-51(36-19-12-18-35(30-36)33-15-6-5-7-16-33)43-29-28-34-17-8-9-21-38(34)52(43)57-55/h3-31H,1H2,2H3/b20-4-. The number of hydrogen-bond acceptors (Lipinski definition) is 3. The van der Waals surface area contributed by atoms with Crippen molar-refractivity contribution in [1.82, 2.24) is 18.9 Å². The van der Waals surface area contributed by atoms with Gasteiger partial charge in [0.1, 0.15) is 0 Å². The van der Waals surface area contributed by atoms with E-state index in [1.54, 1.807) is 0 Å². The van der Waals surface area contributed by atoms with Crippen LogP contribution in [0.25, 0.3) is 126 Å². The van der Waals surface area contributed by atoms with Crippen molar-refractivity contribution in [1.29, 1.82) is 0 Å². The molecule has 0 aliphatic heterocycles. The lowest BCUT2D eigenvalue weighted by molar-refractivity contribution is 1.02. The van der Waals surface area contributed by atoms with Crippen molar-refractivity contribution in [3.05, 3.63) is 187 Å². The molecule has 5 heteroatoms. The normalized spacial score (nSPS) is 12.4. The van der Waals surface area contributed by atoms with E-state index in [-0.39, 0.29) is 0 Å². The predicted octanol–water partition coefficient (Wildman–Crippen LogP) is 15.1. The number of aromatic nitrogens is 4. The molecule has 0 spiro atoms. The average molecular weight is 783 g/mol. The minimum atomic E-state index is 0.651. The van der Waals surface area contributed by atoms with Crippen LogP contribution in [0.3, 0.4) is 0 Å². The highest BCUT2D eigenvalue weighted by atomic mass is 32.1. The van der Waals surface area contributed by atoms with Gasteiger partial charge in [-0.1, -0.05) is 152 Å². The third kappa shape index (κ3) is 4.50. The molecule has 0 radical (unpaired) electrons. The Labute approximate surface area is 348 Å². The van der Waals surface area contributed by atoms with Gasteiger partial charge in [0, 0.05) is 58.2 Å². The number of hydrogen-bond donors (Lipinski definition) is 0. The highest BCUT2D eigenvalue weighted by Crippen LogP contribution is 2.49. The summed E-state index contributed by atoms with van der Waals surface area (Å²) in [6, 6.07) is 57.1. The Balaban J connectivity index is 1.25. The van der Waals surface area contributed by atoms with E-state index in [0.29, 0.717) is 5.95 Å². The summed E-state index contributed by atoms with van der Waals surface area (Å²) in [5.74, 6) is 0.651. The third-order valence-electron chi connectivity index (χ3n) is 12.6. The van der Waals surface area contributed by atoms with E-state index >= 15 is 0 Å². The smallest absolute Gasteiger partial charge is 0.235 e. The molecule has 0 bridgehead atoms. The van der Waals surface area contributed by atoms with Crippen LogP contribution in [-0.4, -0.2) is 18.9 Å². The summed E-state index contributed by atoms with van der Waals surface area (Å²) in [4.78, 5) is 12.5. The molecular weight excluding hydrogens is 749 g/mol. The largest absolute Gasteiger partial charge is 0.307 e. The van der Waals surface area contributed by atoms with E-state index in [9.17, 15) is 0 Å². The van der Waals surface area contributed by atoms with Gasteiger partial charge >= 0.3 is 0 Å². The van der Waals surface area contributed by atoms with Crippen molar-refractivity contribution in [3.8, 4) is 28.3 Å². The number of nitrogens with zero attached hydrogens (tertiary/aromatic N) is 4. The molecule has 0 unspecified atom stereocenters. The fourth-order valence-corrected chi connectivity index (χ4v) is 11.1. The Morgan fingerprint density at radius 1 is 0.533 bits per heavy atom. The van der Waals surface area contributed by atoms with Crippen LogP contribution in [0, 0.1) is 6.92 Å². The van der Waals surface area contributed by atoms with Crippen LogP contribution in [0.5, 0.6) is 0 Å². The summed E-state index contributed by atoms with van der Waals surface area (Å²) < 4.78 is 6.12. The van der Waals surface area contributed by atoms with E-state index in [1.165, 1.54) is 75.0 Å². The first-order chi connectivity index (χ1) is 29.7. The zero-order valence-corrected chi connectivity index (χ0v) is 33.5. The fourth-order valence-electron chi connectivity index (χ4n) is 10.1. The first-order valence-electron chi connectivity index (χ1n) is 20.4. The summed E-state index contributed by atoms with van der Waals surface area (Å²) in [5, 5.41) is 11.9. The van der Waals surface area contributed by atoms with Crippen molar-refractivity contribution in [2.24, 2.45) is 0 Å². The maximum absolute atomic E-state index is 5.65. The minimum absolute atomic E-state index is 0.651. The maximum Gasteiger partial charge on any atom is 0.235 e. The Hall–Kier alpha value is -7.60. The Bertz CT molecular complexity index is 3970. The number of fused-ring (bicyclic) bond motifs is 10. The molecule has 60 heavy (non-hydrogen) atoms. The van der Waals surface area contributed by atoms with Crippen LogP contribution in [-0.2, 0) is 0 Å². The monoisotopic (exact) mass is 782 g/mol. The molecule has 0 aliphatic carbocycles. The lowest BCUT2D eigenvalue weighted by Gasteiger charge is -2.14. The van der Waals surface area contributed by atoms with Crippen molar-refractivity contribution >= 4 is 109 Å². The van der Waals surface area contributed by atoms with Gasteiger partial charge in [-0.3, -0.25) is 4.57 Å². The molecule has 280 valence electrons. The van der Waals surface area contributed by atoms with Gasteiger partial charge in [-0.2, -0.15) is 0 Å². The number of allylic oxidation sites excluding steroid dienone is 2. The van der Waals surface area contributed by atoms with E-state index in [4.69, 9.17) is 9.97 Å². The van der Waals surface area contributed by atoms with E-state index in [1.807, 2.05) is 17.4 Å². The van der Waals surface area contributed by atoms with E-state index < -0.39 is 0 Å². The number of para-hydroxylation sites is 2. The van der Waals surface area contributed by atoms with E-state index in [2.05, 4.69) is 192 Å². The molecule has 0 amide bonds. The number of aryl methyl sites for hydroxylation is 1. The molecule has 0 N–H and O–H groups in total. The molecule has 4 nitrogen and oxygen atoms in total. The summed E-state index contributed by atoms with van der Waals surface area (Å²) in [6.45, 7) is 6.28. The van der Waals surface area contributed by atoms with Gasteiger partial charge in [0.2, 0.25) is 5.95 Å². The molecule has 0 aliphatic rings. The maximum atomic E-state index is 5.65. The second kappa shape index (κ2) is 12.5. The molecule has 5 aromatic heterocycles. The lowest BCUT2D eigenvalue weighted by Crippen LogP contribution is -2.04. The van der Waals surface area contributed by atoms with E-state index in [0.717, 1.165) is 49.5 Å². The zero-order valence-electron chi connectivity index (χ0n) is 32.6. The van der Waals surface area contributed by atoms with Crippen LogP contribution in [0.1, 0.15) is 10.4 Å². The van der Waals surface area contributed by atoms with Crippen LogP contribution in [0.15, 0.2) is 176 Å². The number of benzene rings is 8. The molecule has 0 saturated carbocycles. The van der Waals surface area contributed by atoms with Gasteiger partial charge in [-0.15, -0.1) is 11.3 Å². The molecule has 5 heterocycles. The van der Waals surface area contributed by atoms with Gasteiger partial charge in [-0.05, 0) is 64.7 Å². The van der Waals surface area contributed by atoms with Crippen LogP contribution in [0.2, 0.25) is 0 Å².